The van der Waals surface area contributed by atoms with Crippen LogP contribution in [0.3, 0.4) is 0 Å². The lowest BCUT2D eigenvalue weighted by Gasteiger charge is -2.23. The number of amides is 1. The van der Waals surface area contributed by atoms with Crippen LogP contribution in [0.4, 0.5) is 0 Å². The van der Waals surface area contributed by atoms with Crippen LogP contribution in [0.15, 0.2) is 24.3 Å². The highest BCUT2D eigenvalue weighted by atomic mass is 16.5. The Labute approximate surface area is 116 Å². The minimum Gasteiger partial charge on any atom is -0.468 e. The van der Waals surface area contributed by atoms with Gasteiger partial charge in [-0.15, -0.1) is 0 Å². The highest BCUT2D eigenvalue weighted by Gasteiger charge is 2.48. The van der Waals surface area contributed by atoms with Crippen molar-refractivity contribution in [2.24, 2.45) is 0 Å². The van der Waals surface area contributed by atoms with Crippen molar-refractivity contribution in [3.8, 4) is 0 Å². The number of carbonyl (C=O) groups excluding carboxylic acids is 2. The van der Waals surface area contributed by atoms with Crippen molar-refractivity contribution in [2.45, 2.75) is 18.8 Å². The molecule has 0 fully saturated rings. The zero-order chi connectivity index (χ0) is 14.3. The molecule has 104 valence electrons. The van der Waals surface area contributed by atoms with Crippen molar-refractivity contribution in [1.82, 2.24) is 10.3 Å². The molecule has 5 nitrogen and oxygen atoms in total. The van der Waals surface area contributed by atoms with Gasteiger partial charge in [0.05, 0.1) is 7.11 Å². The van der Waals surface area contributed by atoms with Crippen LogP contribution in [0.1, 0.15) is 18.2 Å². The van der Waals surface area contributed by atoms with E-state index in [1.165, 1.54) is 7.11 Å². The molecule has 0 saturated heterocycles. The zero-order valence-electron chi connectivity index (χ0n) is 11.4. The maximum atomic E-state index is 12.3. The summed E-state index contributed by atoms with van der Waals surface area (Å²) >= 11 is 0. The van der Waals surface area contributed by atoms with Gasteiger partial charge in [-0.3, -0.25) is 9.59 Å². The van der Waals surface area contributed by atoms with Crippen LogP contribution in [0.5, 0.6) is 0 Å². The molecule has 1 atom stereocenters. The Morgan fingerprint density at radius 1 is 1.35 bits per heavy atom. The Morgan fingerprint density at radius 3 is 2.85 bits per heavy atom. The summed E-state index contributed by atoms with van der Waals surface area (Å²) in [7, 11) is 1.30. The third kappa shape index (κ3) is 1.56. The van der Waals surface area contributed by atoms with E-state index in [4.69, 9.17) is 4.74 Å². The molecule has 0 radical (unpaired) electrons. The van der Waals surface area contributed by atoms with E-state index >= 15 is 0 Å². The molecular formula is C15H16N2O3. The van der Waals surface area contributed by atoms with Gasteiger partial charge in [0.25, 0.3) is 0 Å². The molecule has 1 aliphatic heterocycles. The number of methoxy groups -OCH3 is 1. The summed E-state index contributed by atoms with van der Waals surface area (Å²) in [6.45, 7) is 2.12. The van der Waals surface area contributed by atoms with Crippen LogP contribution in [0.25, 0.3) is 10.9 Å². The van der Waals surface area contributed by atoms with Gasteiger partial charge in [0.15, 0.2) is 5.41 Å². The predicted octanol–water partition coefficient (Wildman–Crippen LogP) is 1.27. The summed E-state index contributed by atoms with van der Waals surface area (Å²) in [5.74, 6) is -0.876. The van der Waals surface area contributed by atoms with Crippen molar-refractivity contribution in [1.29, 1.82) is 0 Å². The van der Waals surface area contributed by atoms with E-state index in [-0.39, 0.29) is 5.91 Å². The summed E-state index contributed by atoms with van der Waals surface area (Å²) in [5, 5.41) is 3.84. The Hall–Kier alpha value is -2.30. The van der Waals surface area contributed by atoms with Crippen LogP contribution < -0.4 is 5.32 Å². The molecule has 1 unspecified atom stereocenters. The van der Waals surface area contributed by atoms with E-state index < -0.39 is 11.4 Å². The number of hydrogen-bond acceptors (Lipinski definition) is 3. The Kier molecular flexibility index (Phi) is 2.78. The molecule has 20 heavy (non-hydrogen) atoms. The van der Waals surface area contributed by atoms with E-state index in [1.54, 1.807) is 6.92 Å². The van der Waals surface area contributed by atoms with E-state index in [0.717, 1.165) is 16.5 Å². The van der Waals surface area contributed by atoms with Gasteiger partial charge >= 0.3 is 5.97 Å². The third-order valence-electron chi connectivity index (χ3n) is 4.02. The molecule has 0 saturated carbocycles. The van der Waals surface area contributed by atoms with Crippen molar-refractivity contribution in [2.75, 3.05) is 13.7 Å². The van der Waals surface area contributed by atoms with Crippen LogP contribution in [0, 0.1) is 0 Å². The van der Waals surface area contributed by atoms with Gasteiger partial charge < -0.3 is 15.0 Å². The van der Waals surface area contributed by atoms with Gasteiger partial charge in [0, 0.05) is 23.1 Å². The Bertz CT molecular complexity index is 704. The average Bonchev–Trinajstić information content (AvgIpc) is 2.79. The summed E-state index contributed by atoms with van der Waals surface area (Å²) in [5.41, 5.74) is 1.24. The smallest absolute Gasteiger partial charge is 0.327 e. The molecule has 1 aromatic carbocycles. The summed E-state index contributed by atoms with van der Waals surface area (Å²) in [6, 6.07) is 7.82. The maximum absolute atomic E-state index is 12.3. The number of benzene rings is 1. The fraction of sp³-hybridized carbons (Fsp3) is 0.333. The fourth-order valence-corrected chi connectivity index (χ4v) is 2.88. The average molecular weight is 272 g/mol. The number of nitrogens with one attached hydrogen (secondary N) is 2. The topological polar surface area (TPSA) is 71.2 Å². The maximum Gasteiger partial charge on any atom is 0.327 e. The Balaban J connectivity index is 2.32. The minimum absolute atomic E-state index is 0.324. The highest BCUT2D eigenvalue weighted by molar-refractivity contribution is 6.09. The van der Waals surface area contributed by atoms with Gasteiger partial charge in [-0.2, -0.15) is 0 Å². The number of aromatic amines is 1. The summed E-state index contributed by atoms with van der Waals surface area (Å²) < 4.78 is 4.85. The normalized spacial score (nSPS) is 22.0. The fourth-order valence-electron chi connectivity index (χ4n) is 2.88. The number of para-hydroxylation sites is 1. The van der Waals surface area contributed by atoms with Crippen LogP contribution in [0.2, 0.25) is 0 Å². The number of esters is 1. The molecule has 0 spiro atoms. The lowest BCUT2D eigenvalue weighted by atomic mass is 9.83. The highest BCUT2D eigenvalue weighted by Crippen LogP contribution is 2.34. The van der Waals surface area contributed by atoms with Gasteiger partial charge in [-0.25, -0.2) is 0 Å². The molecule has 2 N–H and O–H groups in total. The zero-order valence-corrected chi connectivity index (χ0v) is 11.4. The second kappa shape index (κ2) is 4.37. The molecular weight excluding hydrogens is 256 g/mol. The molecule has 2 heterocycles. The number of H-pyrrole nitrogens is 1. The van der Waals surface area contributed by atoms with Crippen molar-refractivity contribution in [3.63, 3.8) is 0 Å². The minimum atomic E-state index is -1.33. The van der Waals surface area contributed by atoms with Crippen molar-refractivity contribution >= 4 is 22.8 Å². The van der Waals surface area contributed by atoms with Crippen molar-refractivity contribution < 1.29 is 14.3 Å². The third-order valence-corrected chi connectivity index (χ3v) is 4.02. The number of ether oxygens (including phenoxy) is 1. The predicted molar refractivity (Wildman–Crippen MR) is 74.4 cm³/mol. The molecule has 2 aromatic rings. The SMILES string of the molecule is COC(=O)C1(C)C(=O)NCCc2c1[nH]c1ccccc21. The molecule has 0 aliphatic carbocycles. The van der Waals surface area contributed by atoms with Gasteiger partial charge in [0.2, 0.25) is 5.91 Å². The molecule has 1 amide bonds. The second-order valence-corrected chi connectivity index (χ2v) is 5.15. The first-order chi connectivity index (χ1) is 9.59. The number of fused-ring (bicyclic) bond motifs is 3. The van der Waals surface area contributed by atoms with E-state index in [1.807, 2.05) is 24.3 Å². The first-order valence-corrected chi connectivity index (χ1v) is 6.56. The van der Waals surface area contributed by atoms with Gasteiger partial charge in [0.1, 0.15) is 0 Å². The summed E-state index contributed by atoms with van der Waals surface area (Å²) in [6.07, 6.45) is 0.692. The first-order valence-electron chi connectivity index (χ1n) is 6.56. The van der Waals surface area contributed by atoms with Crippen LogP contribution in [-0.4, -0.2) is 30.5 Å². The number of rotatable bonds is 1. The van der Waals surface area contributed by atoms with Crippen LogP contribution >= 0.6 is 0 Å². The standard InChI is InChI=1S/C15H16N2O3/c1-15(14(19)20-2)12-10(7-8-16-13(15)18)9-5-3-4-6-11(9)17-12/h3-6,17H,7-8H2,1-2H3,(H,16,18). The summed E-state index contributed by atoms with van der Waals surface area (Å²) in [4.78, 5) is 27.8. The Morgan fingerprint density at radius 2 is 2.10 bits per heavy atom. The number of carbonyl (C=O) groups is 2. The van der Waals surface area contributed by atoms with E-state index in [9.17, 15) is 9.59 Å². The lowest BCUT2D eigenvalue weighted by Crippen LogP contribution is -2.48. The van der Waals surface area contributed by atoms with E-state index in [0.29, 0.717) is 18.7 Å². The lowest BCUT2D eigenvalue weighted by molar-refractivity contribution is -0.151. The quantitative estimate of drug-likeness (QED) is 0.606. The monoisotopic (exact) mass is 272 g/mol. The molecule has 5 heteroatoms. The van der Waals surface area contributed by atoms with Crippen molar-refractivity contribution in [3.05, 3.63) is 35.5 Å². The molecule has 3 rings (SSSR count). The van der Waals surface area contributed by atoms with Crippen LogP contribution in [-0.2, 0) is 26.2 Å². The largest absolute Gasteiger partial charge is 0.468 e. The second-order valence-electron chi connectivity index (χ2n) is 5.15. The number of aromatic nitrogens is 1. The van der Waals surface area contributed by atoms with Gasteiger partial charge in [-0.05, 0) is 25.0 Å². The first kappa shape index (κ1) is 12.7. The number of hydrogen-bond donors (Lipinski definition) is 2. The molecule has 0 bridgehead atoms. The van der Waals surface area contributed by atoms with Gasteiger partial charge in [-0.1, -0.05) is 18.2 Å². The van der Waals surface area contributed by atoms with E-state index in [2.05, 4.69) is 10.3 Å². The molecule has 1 aliphatic rings. The molecule has 1 aromatic heterocycles.